The molecule has 0 fully saturated rings. The van der Waals surface area contributed by atoms with E-state index in [1.165, 1.54) is 12.8 Å². The first-order chi connectivity index (χ1) is 10.3. The lowest BCUT2D eigenvalue weighted by molar-refractivity contribution is 0.417. The van der Waals surface area contributed by atoms with E-state index in [4.69, 9.17) is 4.74 Å². The predicted molar refractivity (Wildman–Crippen MR) is 85.6 cm³/mol. The summed E-state index contributed by atoms with van der Waals surface area (Å²) in [5.41, 5.74) is 1.73. The summed E-state index contributed by atoms with van der Waals surface area (Å²) in [6.07, 6.45) is 5.41. The summed E-state index contributed by atoms with van der Waals surface area (Å²) in [7, 11) is 1.67. The van der Waals surface area contributed by atoms with E-state index in [0.29, 0.717) is 5.56 Å². The zero-order chi connectivity index (χ0) is 15.1. The Bertz CT molecular complexity index is 625. The third kappa shape index (κ3) is 3.56. The Hall–Kier alpha value is -1.99. The highest BCUT2D eigenvalue weighted by Gasteiger charge is 2.12. The lowest BCUT2D eigenvalue weighted by Gasteiger charge is -2.09. The SMILES string of the molecule is CCCCNCCCn1cc(C#N)c2cccc(OC)c21. The van der Waals surface area contributed by atoms with Crippen molar-refractivity contribution in [1.82, 2.24) is 9.88 Å². The molecule has 0 unspecified atom stereocenters. The van der Waals surface area contributed by atoms with Crippen molar-refractivity contribution in [3.05, 3.63) is 30.0 Å². The first-order valence-corrected chi connectivity index (χ1v) is 7.58. The molecule has 0 saturated carbocycles. The van der Waals surface area contributed by atoms with E-state index >= 15 is 0 Å². The standard InChI is InChI=1S/C17H23N3O/c1-3-4-9-19-10-6-11-20-13-14(12-18)15-7-5-8-16(21-2)17(15)20/h5,7-8,13,19H,3-4,6,9-11H2,1-2H3. The van der Waals surface area contributed by atoms with Crippen LogP contribution in [0.4, 0.5) is 0 Å². The van der Waals surface area contributed by atoms with Crippen LogP contribution in [-0.2, 0) is 6.54 Å². The maximum atomic E-state index is 9.26. The number of nitriles is 1. The van der Waals surface area contributed by atoms with Crippen molar-refractivity contribution in [3.8, 4) is 11.8 Å². The molecule has 0 aliphatic rings. The van der Waals surface area contributed by atoms with E-state index < -0.39 is 0 Å². The predicted octanol–water partition coefficient (Wildman–Crippen LogP) is 3.30. The van der Waals surface area contributed by atoms with Crippen LogP contribution in [0.3, 0.4) is 0 Å². The number of hydrogen-bond donors (Lipinski definition) is 1. The van der Waals surface area contributed by atoms with Crippen molar-refractivity contribution in [1.29, 1.82) is 5.26 Å². The van der Waals surface area contributed by atoms with Crippen LogP contribution < -0.4 is 10.1 Å². The molecule has 0 saturated heterocycles. The van der Waals surface area contributed by atoms with Crippen molar-refractivity contribution in [2.75, 3.05) is 20.2 Å². The lowest BCUT2D eigenvalue weighted by atomic mass is 10.2. The molecular formula is C17H23N3O. The minimum absolute atomic E-state index is 0.711. The molecule has 1 aromatic heterocycles. The van der Waals surface area contributed by atoms with Crippen molar-refractivity contribution < 1.29 is 4.74 Å². The largest absolute Gasteiger partial charge is 0.495 e. The number of ether oxygens (including phenoxy) is 1. The highest BCUT2D eigenvalue weighted by atomic mass is 16.5. The Morgan fingerprint density at radius 1 is 1.29 bits per heavy atom. The smallest absolute Gasteiger partial charge is 0.143 e. The molecule has 0 aliphatic heterocycles. The van der Waals surface area contributed by atoms with Gasteiger partial charge in [0.15, 0.2) is 0 Å². The van der Waals surface area contributed by atoms with Gasteiger partial charge in [-0.15, -0.1) is 0 Å². The summed E-state index contributed by atoms with van der Waals surface area (Å²) in [5, 5.41) is 13.7. The van der Waals surface area contributed by atoms with E-state index in [2.05, 4.69) is 22.9 Å². The van der Waals surface area contributed by atoms with Crippen LogP contribution in [0.1, 0.15) is 31.7 Å². The molecule has 112 valence electrons. The van der Waals surface area contributed by atoms with Gasteiger partial charge in [0.1, 0.15) is 11.8 Å². The van der Waals surface area contributed by atoms with E-state index in [9.17, 15) is 5.26 Å². The van der Waals surface area contributed by atoms with Crippen molar-refractivity contribution in [2.24, 2.45) is 0 Å². The molecule has 0 spiro atoms. The topological polar surface area (TPSA) is 50.0 Å². The normalized spacial score (nSPS) is 10.7. The summed E-state index contributed by atoms with van der Waals surface area (Å²) in [6.45, 7) is 5.16. The number of aromatic nitrogens is 1. The number of benzene rings is 1. The van der Waals surface area contributed by atoms with Gasteiger partial charge in [-0.2, -0.15) is 5.26 Å². The van der Waals surface area contributed by atoms with Crippen molar-refractivity contribution >= 4 is 10.9 Å². The van der Waals surface area contributed by atoms with Gasteiger partial charge >= 0.3 is 0 Å². The van der Waals surface area contributed by atoms with E-state index in [1.807, 2.05) is 24.4 Å². The molecule has 4 nitrogen and oxygen atoms in total. The zero-order valence-electron chi connectivity index (χ0n) is 12.9. The Balaban J connectivity index is 2.10. The molecule has 0 bridgehead atoms. The zero-order valence-corrected chi connectivity index (χ0v) is 12.9. The minimum atomic E-state index is 0.711. The van der Waals surface area contributed by atoms with Crippen LogP contribution in [0.15, 0.2) is 24.4 Å². The van der Waals surface area contributed by atoms with Crippen LogP contribution in [0.25, 0.3) is 10.9 Å². The average molecular weight is 285 g/mol. The molecule has 0 amide bonds. The van der Waals surface area contributed by atoms with Crippen LogP contribution in [0, 0.1) is 11.3 Å². The van der Waals surface area contributed by atoms with Gasteiger partial charge in [0.05, 0.1) is 18.2 Å². The average Bonchev–Trinajstić information content (AvgIpc) is 2.89. The van der Waals surface area contributed by atoms with E-state index in [-0.39, 0.29) is 0 Å². The molecular weight excluding hydrogens is 262 g/mol. The first kappa shape index (κ1) is 15.4. The Morgan fingerprint density at radius 3 is 2.81 bits per heavy atom. The van der Waals surface area contributed by atoms with Crippen molar-refractivity contribution in [2.45, 2.75) is 32.7 Å². The van der Waals surface area contributed by atoms with Gasteiger partial charge in [0.25, 0.3) is 0 Å². The summed E-state index contributed by atoms with van der Waals surface area (Å²) >= 11 is 0. The van der Waals surface area contributed by atoms with Crippen LogP contribution in [-0.4, -0.2) is 24.8 Å². The molecule has 0 atom stereocenters. The number of nitrogens with one attached hydrogen (secondary N) is 1. The molecule has 1 heterocycles. The van der Waals surface area contributed by atoms with Gasteiger partial charge in [-0.1, -0.05) is 25.5 Å². The van der Waals surface area contributed by atoms with Gasteiger partial charge in [-0.3, -0.25) is 0 Å². The highest BCUT2D eigenvalue weighted by molar-refractivity contribution is 5.91. The van der Waals surface area contributed by atoms with E-state index in [0.717, 1.165) is 42.7 Å². The summed E-state index contributed by atoms with van der Waals surface area (Å²) < 4.78 is 7.57. The molecule has 0 aliphatic carbocycles. The Kier molecular flexibility index (Phi) is 5.65. The summed E-state index contributed by atoms with van der Waals surface area (Å²) in [6, 6.07) is 8.12. The number of rotatable bonds is 8. The third-order valence-electron chi connectivity index (χ3n) is 3.66. The second-order valence-electron chi connectivity index (χ2n) is 5.16. The van der Waals surface area contributed by atoms with Crippen LogP contribution in [0.5, 0.6) is 5.75 Å². The van der Waals surface area contributed by atoms with Gasteiger partial charge in [0, 0.05) is 18.1 Å². The number of fused-ring (bicyclic) bond motifs is 1. The van der Waals surface area contributed by atoms with E-state index in [1.54, 1.807) is 7.11 Å². The lowest BCUT2D eigenvalue weighted by Crippen LogP contribution is -2.17. The molecule has 4 heteroatoms. The number of nitrogens with zero attached hydrogens (tertiary/aromatic N) is 2. The number of para-hydroxylation sites is 1. The van der Waals surface area contributed by atoms with Crippen LogP contribution >= 0.6 is 0 Å². The fourth-order valence-corrected chi connectivity index (χ4v) is 2.56. The molecule has 0 radical (unpaired) electrons. The van der Waals surface area contributed by atoms with Gasteiger partial charge in [-0.25, -0.2) is 0 Å². The second-order valence-corrected chi connectivity index (χ2v) is 5.16. The Labute approximate surface area is 126 Å². The quantitative estimate of drug-likeness (QED) is 0.757. The number of hydrogen-bond acceptors (Lipinski definition) is 3. The fraction of sp³-hybridized carbons (Fsp3) is 0.471. The van der Waals surface area contributed by atoms with Gasteiger partial charge in [0.2, 0.25) is 0 Å². The Morgan fingerprint density at radius 2 is 2.10 bits per heavy atom. The maximum absolute atomic E-state index is 9.26. The fourth-order valence-electron chi connectivity index (χ4n) is 2.56. The molecule has 21 heavy (non-hydrogen) atoms. The van der Waals surface area contributed by atoms with Crippen molar-refractivity contribution in [3.63, 3.8) is 0 Å². The van der Waals surface area contributed by atoms with Gasteiger partial charge in [-0.05, 0) is 32.0 Å². The number of methoxy groups -OCH3 is 1. The monoisotopic (exact) mass is 285 g/mol. The maximum Gasteiger partial charge on any atom is 0.143 e. The minimum Gasteiger partial charge on any atom is -0.495 e. The summed E-state index contributed by atoms with van der Waals surface area (Å²) in [4.78, 5) is 0. The molecule has 2 rings (SSSR count). The number of aryl methyl sites for hydroxylation is 1. The third-order valence-corrected chi connectivity index (χ3v) is 3.66. The number of unbranched alkanes of at least 4 members (excludes halogenated alkanes) is 1. The molecule has 1 N–H and O–H groups in total. The van der Waals surface area contributed by atoms with Crippen LogP contribution in [0.2, 0.25) is 0 Å². The second kappa shape index (κ2) is 7.70. The highest BCUT2D eigenvalue weighted by Crippen LogP contribution is 2.29. The first-order valence-electron chi connectivity index (χ1n) is 7.58. The summed E-state index contributed by atoms with van der Waals surface area (Å²) in [5.74, 6) is 0.827. The molecule has 1 aromatic carbocycles. The van der Waals surface area contributed by atoms with Gasteiger partial charge < -0.3 is 14.6 Å². The molecule has 2 aromatic rings.